The number of nitrogens with zero attached hydrogens (tertiary/aromatic N) is 1. The summed E-state index contributed by atoms with van der Waals surface area (Å²) in [7, 11) is 0. The summed E-state index contributed by atoms with van der Waals surface area (Å²) in [6.07, 6.45) is 0. The molecule has 4 aromatic rings. The molecule has 192 valence electrons. The Hall–Kier alpha value is -2.96. The molecule has 0 atom stereocenters. The summed E-state index contributed by atoms with van der Waals surface area (Å²) in [6.45, 7) is 6.88. The zero-order chi connectivity index (χ0) is 26.4. The van der Waals surface area contributed by atoms with Crippen LogP contribution in [0.1, 0.15) is 31.1 Å². The Morgan fingerprint density at radius 3 is 2.30 bits per heavy atom. The molecule has 0 aliphatic heterocycles. The Morgan fingerprint density at radius 2 is 1.65 bits per heavy atom. The molecule has 2 N–H and O–H groups in total. The monoisotopic (exact) mass is 647 g/mol. The molecule has 0 fully saturated rings. The van der Waals surface area contributed by atoms with Crippen molar-refractivity contribution in [3.8, 4) is 27.8 Å². The molecule has 0 saturated heterocycles. The van der Waals surface area contributed by atoms with E-state index in [9.17, 15) is 4.79 Å². The van der Waals surface area contributed by atoms with Gasteiger partial charge in [0.1, 0.15) is 5.01 Å². The molecule has 1 amide bonds. The van der Waals surface area contributed by atoms with Crippen LogP contribution in [0, 0.1) is 3.57 Å². The number of thiazole rings is 1. The lowest BCUT2D eigenvalue weighted by molar-refractivity contribution is 0.0976. The third-order valence-electron chi connectivity index (χ3n) is 5.15. The van der Waals surface area contributed by atoms with Crippen LogP contribution in [0.15, 0.2) is 54.6 Å². The van der Waals surface area contributed by atoms with Gasteiger partial charge in [0.2, 0.25) is 5.75 Å². The number of amides is 1. The average Bonchev–Trinajstić information content (AvgIpc) is 3.31. The van der Waals surface area contributed by atoms with E-state index in [0.717, 1.165) is 30.0 Å². The number of anilines is 1. The summed E-state index contributed by atoms with van der Waals surface area (Å²) in [6, 6.07) is 17.2. The summed E-state index contributed by atoms with van der Waals surface area (Å²) in [4.78, 5) is 17.9. The number of rotatable bonds is 9. The van der Waals surface area contributed by atoms with Crippen LogP contribution >= 0.6 is 46.1 Å². The van der Waals surface area contributed by atoms with Crippen LogP contribution in [-0.2, 0) is 0 Å². The number of ether oxygens (including phenoxy) is 3. The second-order valence-electron chi connectivity index (χ2n) is 7.69. The van der Waals surface area contributed by atoms with Crippen molar-refractivity contribution in [2.45, 2.75) is 20.8 Å². The molecule has 0 aliphatic rings. The SMILES string of the molecule is CCOc1cc(C(=O)NC(=S)Nc2ccc(I)cc2-c2nc3ccccc3s2)cc(OCC)c1OCC. The Bertz CT molecular complexity index is 1380. The Kier molecular flexibility index (Phi) is 9.17. The first-order valence-electron chi connectivity index (χ1n) is 11.8. The maximum atomic E-state index is 13.2. The topological polar surface area (TPSA) is 81.7 Å². The van der Waals surface area contributed by atoms with Gasteiger partial charge in [-0.25, -0.2) is 4.98 Å². The van der Waals surface area contributed by atoms with Crippen LogP contribution in [0.4, 0.5) is 5.69 Å². The molecule has 10 heteroatoms. The number of hydrogen-bond acceptors (Lipinski definition) is 7. The van der Waals surface area contributed by atoms with E-state index >= 15 is 0 Å². The van der Waals surface area contributed by atoms with Gasteiger partial charge >= 0.3 is 0 Å². The molecule has 1 aromatic heterocycles. The summed E-state index contributed by atoms with van der Waals surface area (Å²) in [5.41, 5.74) is 2.94. The number of hydrogen-bond donors (Lipinski definition) is 2. The highest BCUT2D eigenvalue weighted by Gasteiger charge is 2.20. The van der Waals surface area contributed by atoms with Crippen molar-refractivity contribution in [2.24, 2.45) is 0 Å². The first-order chi connectivity index (χ1) is 17.9. The van der Waals surface area contributed by atoms with Crippen molar-refractivity contribution in [1.29, 1.82) is 0 Å². The van der Waals surface area contributed by atoms with Gasteiger partial charge in [-0.05, 0) is 98.0 Å². The molecule has 0 radical (unpaired) electrons. The van der Waals surface area contributed by atoms with Gasteiger partial charge in [-0.2, -0.15) is 0 Å². The number of nitrogens with one attached hydrogen (secondary N) is 2. The van der Waals surface area contributed by atoms with Gasteiger partial charge in [0, 0.05) is 14.7 Å². The van der Waals surface area contributed by atoms with E-state index in [4.69, 9.17) is 31.4 Å². The summed E-state index contributed by atoms with van der Waals surface area (Å²) in [5.74, 6) is 0.961. The lowest BCUT2D eigenvalue weighted by Crippen LogP contribution is -2.34. The molecule has 37 heavy (non-hydrogen) atoms. The number of fused-ring (bicyclic) bond motifs is 1. The minimum absolute atomic E-state index is 0.165. The van der Waals surface area contributed by atoms with Crippen molar-refractivity contribution in [3.63, 3.8) is 0 Å². The summed E-state index contributed by atoms with van der Waals surface area (Å²) in [5, 5.41) is 6.96. The molecule has 0 bridgehead atoms. The Balaban J connectivity index is 1.58. The molecule has 4 rings (SSSR count). The predicted octanol–water partition coefficient (Wildman–Crippen LogP) is 6.89. The fourth-order valence-corrected chi connectivity index (χ4v) is 5.33. The molecule has 0 spiro atoms. The quantitative estimate of drug-likeness (QED) is 0.151. The Morgan fingerprint density at radius 1 is 0.973 bits per heavy atom. The van der Waals surface area contributed by atoms with Gasteiger partial charge in [-0.1, -0.05) is 12.1 Å². The van der Waals surface area contributed by atoms with Crippen molar-refractivity contribution >= 4 is 73.1 Å². The summed E-state index contributed by atoms with van der Waals surface area (Å²) >= 11 is 9.38. The van der Waals surface area contributed by atoms with Crippen LogP contribution in [0.25, 0.3) is 20.8 Å². The van der Waals surface area contributed by atoms with E-state index in [1.54, 1.807) is 23.5 Å². The highest BCUT2D eigenvalue weighted by atomic mass is 127. The van der Waals surface area contributed by atoms with Crippen molar-refractivity contribution < 1.29 is 19.0 Å². The van der Waals surface area contributed by atoms with Crippen LogP contribution < -0.4 is 24.8 Å². The first-order valence-corrected chi connectivity index (χ1v) is 14.1. The number of aromatic nitrogens is 1. The molecule has 1 heterocycles. The molecule has 7 nitrogen and oxygen atoms in total. The molecular weight excluding hydrogens is 621 g/mol. The number of thiocarbonyl (C=S) groups is 1. The summed E-state index contributed by atoms with van der Waals surface area (Å²) < 4.78 is 19.4. The van der Waals surface area contributed by atoms with Crippen LogP contribution in [-0.4, -0.2) is 35.8 Å². The predicted molar refractivity (Wildman–Crippen MR) is 161 cm³/mol. The largest absolute Gasteiger partial charge is 0.490 e. The highest BCUT2D eigenvalue weighted by Crippen LogP contribution is 2.39. The van der Waals surface area contributed by atoms with Crippen molar-refractivity contribution in [2.75, 3.05) is 25.1 Å². The van der Waals surface area contributed by atoms with E-state index < -0.39 is 5.91 Å². The fraction of sp³-hybridized carbons (Fsp3) is 0.222. The van der Waals surface area contributed by atoms with E-state index in [0.29, 0.717) is 42.6 Å². The van der Waals surface area contributed by atoms with Gasteiger partial charge in [0.05, 0.1) is 35.7 Å². The van der Waals surface area contributed by atoms with Crippen LogP contribution in [0.3, 0.4) is 0 Å². The molecule has 0 aliphatic carbocycles. The minimum Gasteiger partial charge on any atom is -0.490 e. The number of carbonyl (C=O) groups excluding carboxylic acids is 1. The molecule has 0 saturated carbocycles. The smallest absolute Gasteiger partial charge is 0.257 e. The van der Waals surface area contributed by atoms with E-state index in [-0.39, 0.29) is 5.11 Å². The van der Waals surface area contributed by atoms with Crippen molar-refractivity contribution in [3.05, 3.63) is 63.7 Å². The first kappa shape index (κ1) is 27.1. The highest BCUT2D eigenvalue weighted by molar-refractivity contribution is 14.1. The third-order valence-corrected chi connectivity index (χ3v) is 7.10. The maximum absolute atomic E-state index is 13.2. The lowest BCUT2D eigenvalue weighted by Gasteiger charge is -2.17. The van der Waals surface area contributed by atoms with Gasteiger partial charge in [-0.3, -0.25) is 10.1 Å². The van der Waals surface area contributed by atoms with Crippen LogP contribution in [0.5, 0.6) is 17.2 Å². The second kappa shape index (κ2) is 12.5. The lowest BCUT2D eigenvalue weighted by atomic mass is 10.1. The van der Waals surface area contributed by atoms with Crippen molar-refractivity contribution in [1.82, 2.24) is 10.3 Å². The average molecular weight is 648 g/mol. The van der Waals surface area contributed by atoms with Gasteiger partial charge in [-0.15, -0.1) is 11.3 Å². The van der Waals surface area contributed by atoms with E-state index in [1.807, 2.05) is 63.2 Å². The van der Waals surface area contributed by atoms with Crippen LogP contribution in [0.2, 0.25) is 0 Å². The Labute approximate surface area is 238 Å². The van der Waals surface area contributed by atoms with Gasteiger partial charge < -0.3 is 19.5 Å². The second-order valence-corrected chi connectivity index (χ2v) is 10.4. The van der Waals surface area contributed by atoms with Gasteiger partial charge in [0.15, 0.2) is 16.6 Å². The number of benzene rings is 3. The van der Waals surface area contributed by atoms with E-state index in [2.05, 4.69) is 33.2 Å². The molecular formula is C27H26IN3O4S2. The fourth-order valence-electron chi connectivity index (χ4n) is 3.64. The van der Waals surface area contributed by atoms with Gasteiger partial charge in [0.25, 0.3) is 5.91 Å². The zero-order valence-corrected chi connectivity index (χ0v) is 24.4. The minimum atomic E-state index is -0.394. The normalized spacial score (nSPS) is 10.7. The molecule has 0 unspecified atom stereocenters. The standard InChI is InChI=1S/C27H26IN3O4S2/c1-4-33-21-13-16(14-22(34-5-2)24(21)35-6-3)25(32)31-27(36)30-19-12-11-17(28)15-18(19)26-29-20-9-7-8-10-23(20)37-26/h7-15H,4-6H2,1-3H3,(H2,30,31,32,36). The zero-order valence-electron chi connectivity index (χ0n) is 20.6. The van der Waals surface area contributed by atoms with E-state index in [1.165, 1.54) is 0 Å². The number of para-hydroxylation sites is 1. The number of halogens is 1. The third kappa shape index (κ3) is 6.49. The maximum Gasteiger partial charge on any atom is 0.257 e. The number of carbonyl (C=O) groups is 1. The molecule has 3 aromatic carbocycles.